The molecule has 3 rings (SSSR count). The van der Waals surface area contributed by atoms with Crippen molar-refractivity contribution in [3.8, 4) is 0 Å². The molecule has 1 atom stereocenters. The Balaban J connectivity index is 1.46. The highest BCUT2D eigenvalue weighted by Gasteiger charge is 2.31. The minimum absolute atomic E-state index is 0.610. The van der Waals surface area contributed by atoms with E-state index in [0.717, 1.165) is 11.8 Å². The van der Waals surface area contributed by atoms with Gasteiger partial charge in [0.1, 0.15) is 0 Å². The highest BCUT2D eigenvalue weighted by atomic mass is 14.9. The number of nitrogens with one attached hydrogen (secondary N) is 1. The van der Waals surface area contributed by atoms with E-state index in [0.29, 0.717) is 6.04 Å². The smallest absolute Gasteiger partial charge is 0.0348 e. The van der Waals surface area contributed by atoms with Crippen LogP contribution in [-0.2, 0) is 0 Å². The second kappa shape index (κ2) is 6.76. The number of aryl methyl sites for hydroxylation is 1. The molecule has 0 amide bonds. The Morgan fingerprint density at radius 3 is 2.40 bits per heavy atom. The van der Waals surface area contributed by atoms with E-state index in [1.54, 1.807) is 0 Å². The summed E-state index contributed by atoms with van der Waals surface area (Å²) in [5.74, 6) is 1.93. The Hall–Kier alpha value is -0.820. The summed E-state index contributed by atoms with van der Waals surface area (Å²) in [6.45, 7) is 3.37. The van der Waals surface area contributed by atoms with E-state index >= 15 is 0 Å². The standard InChI is InChI=1S/C19H29N/c1-15-8-10-17(11-9-15)19(18-12-13-18)20-14-4-7-16-5-2-3-6-16/h8-11,16,18-20H,2-7,12-14H2,1H3. The zero-order valence-electron chi connectivity index (χ0n) is 12.9. The van der Waals surface area contributed by atoms with Crippen LogP contribution in [0.15, 0.2) is 24.3 Å². The van der Waals surface area contributed by atoms with Crippen molar-refractivity contribution in [3.63, 3.8) is 0 Å². The van der Waals surface area contributed by atoms with Crippen LogP contribution in [0.3, 0.4) is 0 Å². The van der Waals surface area contributed by atoms with Gasteiger partial charge in [-0.25, -0.2) is 0 Å². The van der Waals surface area contributed by atoms with Gasteiger partial charge in [-0.1, -0.05) is 55.5 Å². The van der Waals surface area contributed by atoms with Crippen LogP contribution < -0.4 is 5.32 Å². The predicted molar refractivity (Wildman–Crippen MR) is 85.8 cm³/mol. The summed E-state index contributed by atoms with van der Waals surface area (Å²) in [5.41, 5.74) is 2.86. The van der Waals surface area contributed by atoms with Crippen molar-refractivity contribution in [1.82, 2.24) is 5.32 Å². The van der Waals surface area contributed by atoms with E-state index in [-0.39, 0.29) is 0 Å². The average Bonchev–Trinajstić information content (AvgIpc) is 3.16. The Bertz CT molecular complexity index is 398. The van der Waals surface area contributed by atoms with Gasteiger partial charge in [0.15, 0.2) is 0 Å². The molecular formula is C19H29N. The van der Waals surface area contributed by atoms with Gasteiger partial charge in [0.2, 0.25) is 0 Å². The highest BCUT2D eigenvalue weighted by molar-refractivity contribution is 5.25. The van der Waals surface area contributed by atoms with Crippen molar-refractivity contribution < 1.29 is 0 Å². The van der Waals surface area contributed by atoms with Crippen LogP contribution in [0.1, 0.15) is 68.5 Å². The molecule has 20 heavy (non-hydrogen) atoms. The van der Waals surface area contributed by atoms with E-state index in [9.17, 15) is 0 Å². The van der Waals surface area contributed by atoms with E-state index in [4.69, 9.17) is 0 Å². The first kappa shape index (κ1) is 14.1. The van der Waals surface area contributed by atoms with Gasteiger partial charge in [-0.2, -0.15) is 0 Å². The molecule has 2 aliphatic carbocycles. The lowest BCUT2D eigenvalue weighted by Gasteiger charge is -2.19. The Labute approximate surface area is 124 Å². The summed E-state index contributed by atoms with van der Waals surface area (Å²) in [6, 6.07) is 9.76. The molecule has 0 radical (unpaired) electrons. The highest BCUT2D eigenvalue weighted by Crippen LogP contribution is 2.41. The number of rotatable bonds is 7. The molecule has 0 saturated heterocycles. The largest absolute Gasteiger partial charge is 0.310 e. The molecule has 0 spiro atoms. The van der Waals surface area contributed by atoms with Crippen molar-refractivity contribution >= 4 is 0 Å². The van der Waals surface area contributed by atoms with Gasteiger partial charge in [0.05, 0.1) is 0 Å². The lowest BCUT2D eigenvalue weighted by atomic mass is 9.99. The SMILES string of the molecule is Cc1ccc(C(NCCCC2CCCC2)C2CC2)cc1. The maximum Gasteiger partial charge on any atom is 0.0348 e. The molecule has 1 nitrogen and oxygen atoms in total. The molecule has 0 bridgehead atoms. The van der Waals surface area contributed by atoms with E-state index in [2.05, 4.69) is 36.5 Å². The normalized spacial score (nSPS) is 21.2. The first-order valence-corrected chi connectivity index (χ1v) is 8.63. The molecule has 1 aromatic carbocycles. The molecule has 2 aliphatic rings. The fourth-order valence-corrected chi connectivity index (χ4v) is 3.71. The van der Waals surface area contributed by atoms with Gasteiger partial charge in [0.25, 0.3) is 0 Å². The number of benzene rings is 1. The van der Waals surface area contributed by atoms with Crippen LogP contribution in [0.4, 0.5) is 0 Å². The molecule has 1 N–H and O–H groups in total. The van der Waals surface area contributed by atoms with E-state index < -0.39 is 0 Å². The van der Waals surface area contributed by atoms with Crippen LogP contribution in [-0.4, -0.2) is 6.54 Å². The lowest BCUT2D eigenvalue weighted by Crippen LogP contribution is -2.24. The molecule has 0 heterocycles. The molecule has 0 aliphatic heterocycles. The zero-order valence-corrected chi connectivity index (χ0v) is 12.9. The molecule has 1 unspecified atom stereocenters. The molecule has 2 fully saturated rings. The summed E-state index contributed by atoms with van der Waals surface area (Å²) in [7, 11) is 0. The van der Waals surface area contributed by atoms with Gasteiger partial charge in [-0.15, -0.1) is 0 Å². The van der Waals surface area contributed by atoms with Gasteiger partial charge in [-0.05, 0) is 56.6 Å². The van der Waals surface area contributed by atoms with Crippen molar-refractivity contribution in [2.75, 3.05) is 6.54 Å². The first-order chi connectivity index (χ1) is 9.83. The van der Waals surface area contributed by atoms with Gasteiger partial charge >= 0.3 is 0 Å². The summed E-state index contributed by atoms with van der Waals surface area (Å²) < 4.78 is 0. The predicted octanol–water partition coefficient (Wildman–Crippen LogP) is 5.01. The summed E-state index contributed by atoms with van der Waals surface area (Å²) in [6.07, 6.45) is 11.6. The maximum absolute atomic E-state index is 3.84. The first-order valence-electron chi connectivity index (χ1n) is 8.63. The van der Waals surface area contributed by atoms with Crippen LogP contribution in [0.2, 0.25) is 0 Å². The quantitative estimate of drug-likeness (QED) is 0.688. The van der Waals surface area contributed by atoms with E-state index in [1.807, 2.05) is 0 Å². The van der Waals surface area contributed by atoms with Crippen LogP contribution in [0.25, 0.3) is 0 Å². The average molecular weight is 271 g/mol. The van der Waals surface area contributed by atoms with Crippen LogP contribution >= 0.6 is 0 Å². The second-order valence-corrected chi connectivity index (χ2v) is 6.97. The maximum atomic E-state index is 3.84. The minimum Gasteiger partial charge on any atom is -0.310 e. The summed E-state index contributed by atoms with van der Waals surface area (Å²) >= 11 is 0. The molecule has 2 saturated carbocycles. The lowest BCUT2D eigenvalue weighted by molar-refractivity contribution is 0.430. The van der Waals surface area contributed by atoms with Crippen molar-refractivity contribution in [3.05, 3.63) is 35.4 Å². The third-order valence-electron chi connectivity index (χ3n) is 5.16. The van der Waals surface area contributed by atoms with Gasteiger partial charge in [0, 0.05) is 6.04 Å². The summed E-state index contributed by atoms with van der Waals surface area (Å²) in [4.78, 5) is 0. The number of hydrogen-bond donors (Lipinski definition) is 1. The Kier molecular flexibility index (Phi) is 4.77. The summed E-state index contributed by atoms with van der Waals surface area (Å²) in [5, 5.41) is 3.84. The third-order valence-corrected chi connectivity index (χ3v) is 5.16. The Morgan fingerprint density at radius 2 is 1.75 bits per heavy atom. The van der Waals surface area contributed by atoms with Crippen LogP contribution in [0, 0.1) is 18.8 Å². The second-order valence-electron chi connectivity index (χ2n) is 6.97. The third kappa shape index (κ3) is 3.85. The molecule has 0 aromatic heterocycles. The van der Waals surface area contributed by atoms with E-state index in [1.165, 1.54) is 69.0 Å². The van der Waals surface area contributed by atoms with Crippen molar-refractivity contribution in [2.45, 2.75) is 64.3 Å². The zero-order chi connectivity index (χ0) is 13.8. The van der Waals surface area contributed by atoms with Crippen LogP contribution in [0.5, 0.6) is 0 Å². The number of hydrogen-bond acceptors (Lipinski definition) is 1. The van der Waals surface area contributed by atoms with Gasteiger partial charge < -0.3 is 5.32 Å². The monoisotopic (exact) mass is 271 g/mol. The fourth-order valence-electron chi connectivity index (χ4n) is 3.71. The van der Waals surface area contributed by atoms with Crippen molar-refractivity contribution in [2.24, 2.45) is 11.8 Å². The topological polar surface area (TPSA) is 12.0 Å². The Morgan fingerprint density at radius 1 is 1.05 bits per heavy atom. The molecule has 1 heteroatoms. The molecular weight excluding hydrogens is 242 g/mol. The fraction of sp³-hybridized carbons (Fsp3) is 0.684. The molecule has 110 valence electrons. The minimum atomic E-state index is 0.610. The van der Waals surface area contributed by atoms with Crippen molar-refractivity contribution in [1.29, 1.82) is 0 Å². The molecule has 1 aromatic rings. The van der Waals surface area contributed by atoms with Gasteiger partial charge in [-0.3, -0.25) is 0 Å².